The van der Waals surface area contributed by atoms with Crippen molar-refractivity contribution in [3.63, 3.8) is 0 Å². The number of ether oxygens (including phenoxy) is 2. The second-order valence-electron chi connectivity index (χ2n) is 5.36. The van der Waals surface area contributed by atoms with Crippen LogP contribution < -0.4 is 14.4 Å². The van der Waals surface area contributed by atoms with Gasteiger partial charge in [0, 0.05) is 11.6 Å². The number of amides is 2. The van der Waals surface area contributed by atoms with Gasteiger partial charge in [0.2, 0.25) is 0 Å². The molecule has 2 aromatic rings. The van der Waals surface area contributed by atoms with Gasteiger partial charge in [0.05, 0.1) is 17.7 Å². The molecule has 6 heteroatoms. The van der Waals surface area contributed by atoms with Crippen LogP contribution in [-0.4, -0.2) is 24.9 Å². The Bertz CT molecular complexity index is 891. The standard InChI is InChI=1S/C20H17NO4S/c1-3-11-25-17-10-5-4-7-14(17)12-18-19(22)21(20(23)26-18)15-8-6-9-16(13-15)24-2/h3-10,12-13H,1,11H2,2H3/b18-12-. The molecular formula is C20H17NO4S. The lowest BCUT2D eigenvalue weighted by Gasteiger charge is -2.13. The summed E-state index contributed by atoms with van der Waals surface area (Å²) in [7, 11) is 1.53. The van der Waals surface area contributed by atoms with E-state index in [2.05, 4.69) is 6.58 Å². The van der Waals surface area contributed by atoms with Crippen LogP contribution in [0.5, 0.6) is 11.5 Å². The second-order valence-corrected chi connectivity index (χ2v) is 6.35. The summed E-state index contributed by atoms with van der Waals surface area (Å²) in [5, 5.41) is -0.348. The molecule has 1 aliphatic heterocycles. The Balaban J connectivity index is 1.91. The van der Waals surface area contributed by atoms with Crippen molar-refractivity contribution in [2.24, 2.45) is 0 Å². The van der Waals surface area contributed by atoms with E-state index >= 15 is 0 Å². The number of carbonyl (C=O) groups is 2. The molecule has 1 aliphatic rings. The third kappa shape index (κ3) is 3.65. The van der Waals surface area contributed by atoms with Gasteiger partial charge in [-0.2, -0.15) is 0 Å². The van der Waals surface area contributed by atoms with Gasteiger partial charge >= 0.3 is 0 Å². The minimum atomic E-state index is -0.369. The lowest BCUT2D eigenvalue weighted by atomic mass is 10.2. The lowest BCUT2D eigenvalue weighted by molar-refractivity contribution is -0.113. The summed E-state index contributed by atoms with van der Waals surface area (Å²) in [5.41, 5.74) is 1.21. The average molecular weight is 367 g/mol. The number of hydrogen-bond acceptors (Lipinski definition) is 5. The van der Waals surface area contributed by atoms with Crippen molar-refractivity contribution in [3.05, 3.63) is 71.7 Å². The highest BCUT2D eigenvalue weighted by molar-refractivity contribution is 8.19. The minimum Gasteiger partial charge on any atom is -0.497 e. The zero-order valence-corrected chi connectivity index (χ0v) is 15.0. The topological polar surface area (TPSA) is 55.8 Å². The fourth-order valence-corrected chi connectivity index (χ4v) is 3.29. The summed E-state index contributed by atoms with van der Waals surface area (Å²) in [4.78, 5) is 26.6. The summed E-state index contributed by atoms with van der Waals surface area (Å²) in [5.74, 6) is 0.834. The molecule has 0 saturated carbocycles. The van der Waals surface area contributed by atoms with Crippen LogP contribution in [0.25, 0.3) is 6.08 Å². The van der Waals surface area contributed by atoms with Crippen LogP contribution >= 0.6 is 11.8 Å². The van der Waals surface area contributed by atoms with Gasteiger partial charge in [0.15, 0.2) is 0 Å². The van der Waals surface area contributed by atoms with Crippen molar-refractivity contribution in [1.29, 1.82) is 0 Å². The molecule has 1 heterocycles. The summed E-state index contributed by atoms with van der Waals surface area (Å²) in [6.07, 6.45) is 3.32. The van der Waals surface area contributed by atoms with Crippen LogP contribution in [-0.2, 0) is 4.79 Å². The molecule has 3 rings (SSSR count). The van der Waals surface area contributed by atoms with E-state index in [1.807, 2.05) is 24.3 Å². The number of hydrogen-bond donors (Lipinski definition) is 0. The summed E-state index contributed by atoms with van der Waals surface area (Å²) in [6.45, 7) is 3.99. The van der Waals surface area contributed by atoms with E-state index in [0.29, 0.717) is 28.7 Å². The van der Waals surface area contributed by atoms with Crippen LogP contribution in [0.1, 0.15) is 5.56 Å². The fraction of sp³-hybridized carbons (Fsp3) is 0.100. The fourth-order valence-electron chi connectivity index (χ4n) is 2.46. The first-order valence-electron chi connectivity index (χ1n) is 7.89. The highest BCUT2D eigenvalue weighted by atomic mass is 32.2. The molecule has 2 amide bonds. The number of imide groups is 1. The molecule has 0 aliphatic carbocycles. The third-order valence-corrected chi connectivity index (χ3v) is 4.54. The highest BCUT2D eigenvalue weighted by Crippen LogP contribution is 2.37. The zero-order valence-electron chi connectivity index (χ0n) is 14.2. The molecule has 1 fully saturated rings. The molecule has 0 bridgehead atoms. The highest BCUT2D eigenvalue weighted by Gasteiger charge is 2.36. The van der Waals surface area contributed by atoms with Crippen LogP contribution in [0, 0.1) is 0 Å². The molecule has 2 aromatic carbocycles. The first-order chi connectivity index (χ1) is 12.6. The number of rotatable bonds is 6. The number of benzene rings is 2. The van der Waals surface area contributed by atoms with E-state index in [1.54, 1.807) is 36.4 Å². The zero-order chi connectivity index (χ0) is 18.5. The Labute approximate surface area is 155 Å². The van der Waals surface area contributed by atoms with Gasteiger partial charge in [0.1, 0.15) is 18.1 Å². The summed E-state index contributed by atoms with van der Waals surface area (Å²) < 4.78 is 10.8. The van der Waals surface area contributed by atoms with Crippen molar-refractivity contribution < 1.29 is 19.1 Å². The SMILES string of the molecule is C=CCOc1ccccc1/C=C1\SC(=O)N(c2cccc(OC)c2)C1=O. The van der Waals surface area contributed by atoms with E-state index in [1.165, 1.54) is 7.11 Å². The Morgan fingerprint density at radius 3 is 2.73 bits per heavy atom. The lowest BCUT2D eigenvalue weighted by Crippen LogP contribution is -2.27. The van der Waals surface area contributed by atoms with E-state index in [-0.39, 0.29) is 11.1 Å². The molecule has 0 N–H and O–H groups in total. The Kier molecular flexibility index (Phi) is 5.43. The predicted octanol–water partition coefficient (Wildman–Crippen LogP) is 4.50. The number of methoxy groups -OCH3 is 1. The van der Waals surface area contributed by atoms with Crippen LogP contribution in [0.15, 0.2) is 66.1 Å². The van der Waals surface area contributed by atoms with Crippen molar-refractivity contribution in [3.8, 4) is 11.5 Å². The maximum absolute atomic E-state index is 12.8. The van der Waals surface area contributed by atoms with Crippen molar-refractivity contribution in [2.75, 3.05) is 18.6 Å². The van der Waals surface area contributed by atoms with Crippen LogP contribution in [0.3, 0.4) is 0 Å². The molecule has 1 saturated heterocycles. The van der Waals surface area contributed by atoms with Gasteiger partial charge in [-0.15, -0.1) is 0 Å². The van der Waals surface area contributed by atoms with Gasteiger partial charge in [-0.25, -0.2) is 4.90 Å². The molecule has 0 aromatic heterocycles. The average Bonchev–Trinajstić information content (AvgIpc) is 2.94. The van der Waals surface area contributed by atoms with Crippen LogP contribution in [0.4, 0.5) is 10.5 Å². The van der Waals surface area contributed by atoms with E-state index < -0.39 is 0 Å². The largest absolute Gasteiger partial charge is 0.497 e. The van der Waals surface area contributed by atoms with Gasteiger partial charge in [0.25, 0.3) is 11.1 Å². The van der Waals surface area contributed by atoms with Crippen molar-refractivity contribution >= 4 is 34.7 Å². The smallest absolute Gasteiger partial charge is 0.298 e. The normalized spacial score (nSPS) is 15.4. The molecule has 132 valence electrons. The Hall–Kier alpha value is -2.99. The monoisotopic (exact) mass is 367 g/mol. The predicted molar refractivity (Wildman–Crippen MR) is 104 cm³/mol. The van der Waals surface area contributed by atoms with Gasteiger partial charge in [-0.05, 0) is 36.0 Å². The molecule has 26 heavy (non-hydrogen) atoms. The first-order valence-corrected chi connectivity index (χ1v) is 8.70. The summed E-state index contributed by atoms with van der Waals surface area (Å²) >= 11 is 0.899. The van der Waals surface area contributed by atoms with Gasteiger partial charge < -0.3 is 9.47 Å². The maximum atomic E-state index is 12.8. The Morgan fingerprint density at radius 2 is 1.96 bits per heavy atom. The van der Waals surface area contributed by atoms with Crippen molar-refractivity contribution in [1.82, 2.24) is 0 Å². The molecule has 0 atom stereocenters. The molecule has 5 nitrogen and oxygen atoms in total. The number of thioether (sulfide) groups is 1. The quantitative estimate of drug-likeness (QED) is 0.556. The minimum absolute atomic E-state index is 0.340. The third-order valence-electron chi connectivity index (χ3n) is 3.67. The number of carbonyl (C=O) groups excluding carboxylic acids is 2. The molecule has 0 spiro atoms. The molecule has 0 unspecified atom stereocenters. The van der Waals surface area contributed by atoms with Crippen molar-refractivity contribution in [2.45, 2.75) is 0 Å². The van der Waals surface area contributed by atoms with Gasteiger partial charge in [-0.1, -0.05) is 36.9 Å². The van der Waals surface area contributed by atoms with Gasteiger partial charge in [-0.3, -0.25) is 9.59 Å². The Morgan fingerprint density at radius 1 is 1.15 bits per heavy atom. The molecule has 0 radical (unpaired) electrons. The summed E-state index contributed by atoms with van der Waals surface area (Å²) in [6, 6.07) is 14.2. The second kappa shape index (κ2) is 7.93. The first kappa shape index (κ1) is 17.8. The van der Waals surface area contributed by atoms with E-state index in [9.17, 15) is 9.59 Å². The maximum Gasteiger partial charge on any atom is 0.298 e. The van der Waals surface area contributed by atoms with E-state index in [0.717, 1.165) is 22.2 Å². The van der Waals surface area contributed by atoms with Crippen LogP contribution in [0.2, 0.25) is 0 Å². The number of anilines is 1. The van der Waals surface area contributed by atoms with E-state index in [4.69, 9.17) is 9.47 Å². The number of nitrogens with zero attached hydrogens (tertiary/aromatic N) is 1. The molecular weight excluding hydrogens is 350 g/mol. The number of para-hydroxylation sites is 1.